The number of hydrogen-bond donors (Lipinski definition) is 0. The summed E-state index contributed by atoms with van der Waals surface area (Å²) in [5, 5.41) is 4.21. The molecule has 7 nitrogen and oxygen atoms in total. The van der Waals surface area contributed by atoms with Crippen molar-refractivity contribution < 1.29 is 23.5 Å². The quantitative estimate of drug-likeness (QED) is 0.262. The van der Waals surface area contributed by atoms with E-state index in [1.165, 1.54) is 5.56 Å². The van der Waals surface area contributed by atoms with Crippen molar-refractivity contribution in [3.05, 3.63) is 70.6 Å². The SMILES string of the molecule is CCOC(=O)COc1ccc(/C(C)=N/OCc2nc(-c3ccc(C)cc3)oc2C)cc1C. The second-order valence-electron chi connectivity index (χ2n) is 7.41. The predicted octanol–water partition coefficient (Wildman–Crippen LogP) is 5.15. The molecule has 2 aromatic carbocycles. The number of carbonyl (C=O) groups is 1. The number of ether oxygens (including phenoxy) is 2. The maximum Gasteiger partial charge on any atom is 0.344 e. The van der Waals surface area contributed by atoms with Gasteiger partial charge in [0.1, 0.15) is 17.2 Å². The first-order valence-electron chi connectivity index (χ1n) is 10.5. The fourth-order valence-corrected chi connectivity index (χ4v) is 3.00. The number of hydrogen-bond acceptors (Lipinski definition) is 7. The van der Waals surface area contributed by atoms with Crippen LogP contribution in [0.2, 0.25) is 0 Å². The Kier molecular flexibility index (Phi) is 7.65. The summed E-state index contributed by atoms with van der Waals surface area (Å²) in [4.78, 5) is 21.5. The van der Waals surface area contributed by atoms with Gasteiger partial charge in [-0.1, -0.05) is 22.9 Å². The van der Waals surface area contributed by atoms with E-state index in [2.05, 4.69) is 10.1 Å². The van der Waals surface area contributed by atoms with E-state index in [0.717, 1.165) is 16.7 Å². The molecule has 0 atom stereocenters. The van der Waals surface area contributed by atoms with Crippen LogP contribution in [0.5, 0.6) is 5.75 Å². The third-order valence-electron chi connectivity index (χ3n) is 4.84. The van der Waals surface area contributed by atoms with Crippen LogP contribution in [-0.2, 0) is 21.0 Å². The molecule has 0 aliphatic carbocycles. The molecule has 1 aromatic heterocycles. The molecule has 32 heavy (non-hydrogen) atoms. The number of oxazole rings is 1. The molecule has 0 bridgehead atoms. The van der Waals surface area contributed by atoms with Crippen LogP contribution < -0.4 is 4.74 Å². The highest BCUT2D eigenvalue weighted by molar-refractivity contribution is 5.98. The molecule has 7 heteroatoms. The Morgan fingerprint density at radius 2 is 1.84 bits per heavy atom. The summed E-state index contributed by atoms with van der Waals surface area (Å²) in [7, 11) is 0. The Balaban J connectivity index is 1.60. The molecule has 0 saturated carbocycles. The molecular formula is C25H28N2O5. The first-order valence-corrected chi connectivity index (χ1v) is 10.5. The molecule has 0 aliphatic heterocycles. The van der Waals surface area contributed by atoms with E-state index in [4.69, 9.17) is 18.7 Å². The number of benzene rings is 2. The Hall–Kier alpha value is -3.61. The Morgan fingerprint density at radius 1 is 1.09 bits per heavy atom. The molecule has 1 heterocycles. The van der Waals surface area contributed by atoms with E-state index >= 15 is 0 Å². The van der Waals surface area contributed by atoms with Crippen LogP contribution in [0, 0.1) is 20.8 Å². The van der Waals surface area contributed by atoms with Crippen LogP contribution in [0.3, 0.4) is 0 Å². The number of nitrogens with zero attached hydrogens (tertiary/aromatic N) is 2. The van der Waals surface area contributed by atoms with Gasteiger partial charge >= 0.3 is 5.97 Å². The summed E-state index contributed by atoms with van der Waals surface area (Å²) in [6.45, 7) is 9.84. The number of aromatic nitrogens is 1. The van der Waals surface area contributed by atoms with Gasteiger partial charge in [-0.05, 0) is 76.1 Å². The van der Waals surface area contributed by atoms with Gasteiger partial charge in [0.15, 0.2) is 13.2 Å². The normalized spacial score (nSPS) is 11.3. The molecule has 168 valence electrons. The van der Waals surface area contributed by atoms with E-state index < -0.39 is 5.97 Å². The van der Waals surface area contributed by atoms with Gasteiger partial charge in [0.2, 0.25) is 5.89 Å². The molecule has 0 aliphatic rings. The molecule has 3 rings (SSSR count). The minimum atomic E-state index is -0.393. The van der Waals surface area contributed by atoms with Gasteiger partial charge in [0.05, 0.1) is 12.3 Å². The van der Waals surface area contributed by atoms with E-state index in [-0.39, 0.29) is 13.2 Å². The average Bonchev–Trinajstić information content (AvgIpc) is 3.14. The Morgan fingerprint density at radius 3 is 2.53 bits per heavy atom. The van der Waals surface area contributed by atoms with Crippen LogP contribution in [-0.4, -0.2) is 29.9 Å². The average molecular weight is 437 g/mol. The van der Waals surface area contributed by atoms with Crippen molar-refractivity contribution in [1.29, 1.82) is 0 Å². The fraction of sp³-hybridized carbons (Fsp3) is 0.320. The molecule has 3 aromatic rings. The largest absolute Gasteiger partial charge is 0.482 e. The van der Waals surface area contributed by atoms with Crippen molar-refractivity contribution in [2.75, 3.05) is 13.2 Å². The van der Waals surface area contributed by atoms with Crippen molar-refractivity contribution in [3.63, 3.8) is 0 Å². The molecule has 0 saturated heterocycles. The van der Waals surface area contributed by atoms with Crippen molar-refractivity contribution in [3.8, 4) is 17.2 Å². The van der Waals surface area contributed by atoms with Crippen LogP contribution in [0.1, 0.15) is 42.0 Å². The molecule has 0 spiro atoms. The van der Waals surface area contributed by atoms with E-state index in [9.17, 15) is 4.79 Å². The Bertz CT molecular complexity index is 1100. The summed E-state index contributed by atoms with van der Waals surface area (Å²) in [5.41, 5.74) is 5.30. The van der Waals surface area contributed by atoms with Gasteiger partial charge in [0.25, 0.3) is 0 Å². The molecule has 0 unspecified atom stereocenters. The lowest BCUT2D eigenvalue weighted by atomic mass is 10.1. The molecule has 0 N–H and O–H groups in total. The lowest BCUT2D eigenvalue weighted by Gasteiger charge is -2.10. The lowest BCUT2D eigenvalue weighted by molar-refractivity contribution is -0.145. The second-order valence-corrected chi connectivity index (χ2v) is 7.41. The van der Waals surface area contributed by atoms with Crippen molar-refractivity contribution in [1.82, 2.24) is 4.98 Å². The predicted molar refractivity (Wildman–Crippen MR) is 122 cm³/mol. The van der Waals surface area contributed by atoms with Gasteiger partial charge in [-0.25, -0.2) is 9.78 Å². The highest BCUT2D eigenvalue weighted by Crippen LogP contribution is 2.23. The molecular weight excluding hydrogens is 408 g/mol. The zero-order valence-electron chi connectivity index (χ0n) is 19.1. The number of rotatable bonds is 9. The highest BCUT2D eigenvalue weighted by Gasteiger charge is 2.12. The van der Waals surface area contributed by atoms with Crippen molar-refractivity contribution in [2.45, 2.75) is 41.2 Å². The monoisotopic (exact) mass is 436 g/mol. The van der Waals surface area contributed by atoms with Gasteiger partial charge < -0.3 is 18.7 Å². The molecule has 0 fully saturated rings. The number of aryl methyl sites for hydroxylation is 3. The van der Waals surface area contributed by atoms with Crippen LogP contribution in [0.15, 0.2) is 52.0 Å². The summed E-state index contributed by atoms with van der Waals surface area (Å²) >= 11 is 0. The number of carbonyl (C=O) groups excluding carboxylic acids is 1. The Labute approximate surface area is 188 Å². The fourth-order valence-electron chi connectivity index (χ4n) is 3.00. The van der Waals surface area contributed by atoms with E-state index in [0.29, 0.717) is 35.4 Å². The molecule has 0 radical (unpaired) electrons. The lowest BCUT2D eigenvalue weighted by Crippen LogP contribution is -2.15. The first kappa shape index (κ1) is 23.1. The van der Waals surface area contributed by atoms with Crippen LogP contribution >= 0.6 is 0 Å². The van der Waals surface area contributed by atoms with Gasteiger partial charge in [-0.3, -0.25) is 0 Å². The van der Waals surface area contributed by atoms with Gasteiger partial charge in [-0.15, -0.1) is 0 Å². The smallest absolute Gasteiger partial charge is 0.344 e. The third-order valence-corrected chi connectivity index (χ3v) is 4.84. The zero-order valence-corrected chi connectivity index (χ0v) is 19.1. The topological polar surface area (TPSA) is 83.2 Å². The molecule has 0 amide bonds. The maximum atomic E-state index is 11.5. The van der Waals surface area contributed by atoms with Crippen LogP contribution in [0.25, 0.3) is 11.5 Å². The second kappa shape index (κ2) is 10.6. The standard InChI is InChI=1S/C25H28N2O5/c1-6-29-24(28)15-30-23-12-11-21(13-17(23)3)18(4)27-31-14-22-19(5)32-25(26-22)20-9-7-16(2)8-10-20/h7-13H,6,14-15H2,1-5H3/b27-18+. The van der Waals surface area contributed by atoms with E-state index in [1.54, 1.807) is 13.0 Å². The van der Waals surface area contributed by atoms with Gasteiger partial charge in [0, 0.05) is 5.56 Å². The third kappa shape index (κ3) is 5.97. The summed E-state index contributed by atoms with van der Waals surface area (Å²) in [5.74, 6) is 1.50. The first-order chi connectivity index (χ1) is 15.4. The zero-order chi connectivity index (χ0) is 23.1. The van der Waals surface area contributed by atoms with Crippen molar-refractivity contribution in [2.24, 2.45) is 5.16 Å². The van der Waals surface area contributed by atoms with Crippen LogP contribution in [0.4, 0.5) is 0 Å². The van der Waals surface area contributed by atoms with Crippen molar-refractivity contribution >= 4 is 11.7 Å². The summed E-state index contributed by atoms with van der Waals surface area (Å²) < 4.78 is 16.2. The highest BCUT2D eigenvalue weighted by atomic mass is 16.6. The minimum Gasteiger partial charge on any atom is -0.482 e. The summed E-state index contributed by atoms with van der Waals surface area (Å²) in [6, 6.07) is 13.6. The summed E-state index contributed by atoms with van der Waals surface area (Å²) in [6.07, 6.45) is 0. The number of esters is 1. The number of oxime groups is 1. The minimum absolute atomic E-state index is 0.119. The maximum absolute atomic E-state index is 11.5. The van der Waals surface area contributed by atoms with E-state index in [1.807, 2.05) is 64.1 Å². The van der Waals surface area contributed by atoms with Gasteiger partial charge in [-0.2, -0.15) is 0 Å².